The largest absolute Gasteiger partial charge is 0.285 e. The van der Waals surface area contributed by atoms with E-state index in [-0.39, 0.29) is 36.6 Å². The summed E-state index contributed by atoms with van der Waals surface area (Å²) in [4.78, 5) is 36.2. The molecular formula is C19H16F2N4O3. The van der Waals surface area contributed by atoms with Gasteiger partial charge in [0.1, 0.15) is 17.3 Å². The number of carbonyl (C=O) groups is 3. The molecule has 0 aromatic heterocycles. The van der Waals surface area contributed by atoms with Gasteiger partial charge in [-0.1, -0.05) is 12.1 Å². The average Bonchev–Trinajstić information content (AvgIpc) is 2.69. The van der Waals surface area contributed by atoms with Crippen molar-refractivity contribution in [3.63, 3.8) is 0 Å². The molecule has 1 heterocycles. The molecule has 2 aromatic carbocycles. The van der Waals surface area contributed by atoms with Crippen molar-refractivity contribution in [2.75, 3.05) is 0 Å². The summed E-state index contributed by atoms with van der Waals surface area (Å²) in [6, 6.07) is 10.4. The molecule has 2 aromatic rings. The first-order valence-electron chi connectivity index (χ1n) is 8.41. The molecule has 0 bridgehead atoms. The van der Waals surface area contributed by atoms with E-state index < -0.39 is 23.4 Å². The third kappa shape index (κ3) is 4.76. The lowest BCUT2D eigenvalue weighted by atomic mass is 10.1. The number of amides is 3. The van der Waals surface area contributed by atoms with Crippen LogP contribution < -0.4 is 10.9 Å². The molecule has 0 fully saturated rings. The van der Waals surface area contributed by atoms with E-state index in [0.717, 1.165) is 17.1 Å². The van der Waals surface area contributed by atoms with Crippen LogP contribution in [0, 0.1) is 11.6 Å². The Kier molecular flexibility index (Phi) is 5.73. The maximum atomic E-state index is 13.0. The summed E-state index contributed by atoms with van der Waals surface area (Å²) in [5, 5.41) is 5.17. The first-order valence-corrected chi connectivity index (χ1v) is 8.41. The molecule has 3 amide bonds. The van der Waals surface area contributed by atoms with Crippen LogP contribution in [0.4, 0.5) is 8.78 Å². The van der Waals surface area contributed by atoms with Gasteiger partial charge in [0.25, 0.3) is 11.8 Å². The van der Waals surface area contributed by atoms with Gasteiger partial charge in [-0.15, -0.1) is 0 Å². The van der Waals surface area contributed by atoms with Crippen LogP contribution in [0.1, 0.15) is 28.8 Å². The Balaban J connectivity index is 1.61. The minimum absolute atomic E-state index is 0.0705. The number of hydrogen-bond acceptors (Lipinski definition) is 4. The predicted molar refractivity (Wildman–Crippen MR) is 95.6 cm³/mol. The van der Waals surface area contributed by atoms with E-state index in [1.807, 2.05) is 0 Å². The molecule has 0 atom stereocenters. The number of hydrazone groups is 1. The lowest BCUT2D eigenvalue weighted by Gasteiger charge is -2.23. The Hall–Kier alpha value is -3.62. The molecule has 144 valence electrons. The van der Waals surface area contributed by atoms with Crippen molar-refractivity contribution in [3.8, 4) is 0 Å². The number of carbonyl (C=O) groups excluding carboxylic acids is 3. The molecule has 3 rings (SSSR count). The fourth-order valence-corrected chi connectivity index (χ4v) is 2.51. The van der Waals surface area contributed by atoms with E-state index in [0.29, 0.717) is 5.56 Å². The Morgan fingerprint density at radius 3 is 2.11 bits per heavy atom. The van der Waals surface area contributed by atoms with Crippen molar-refractivity contribution in [3.05, 3.63) is 71.3 Å². The highest BCUT2D eigenvalue weighted by molar-refractivity contribution is 6.39. The Labute approximate surface area is 159 Å². The normalized spacial score (nSPS) is 13.7. The van der Waals surface area contributed by atoms with Crippen molar-refractivity contribution < 1.29 is 23.2 Å². The summed E-state index contributed by atoms with van der Waals surface area (Å²) in [5.41, 5.74) is 5.33. The molecule has 0 aliphatic carbocycles. The fraction of sp³-hybridized carbons (Fsp3) is 0.158. The number of benzene rings is 2. The topological polar surface area (TPSA) is 90.9 Å². The highest BCUT2D eigenvalue weighted by Crippen LogP contribution is 2.14. The van der Waals surface area contributed by atoms with Gasteiger partial charge < -0.3 is 0 Å². The fourth-order valence-electron chi connectivity index (χ4n) is 2.51. The summed E-state index contributed by atoms with van der Waals surface area (Å²) in [5.74, 6) is -2.43. The number of hydrogen-bond donors (Lipinski definition) is 2. The van der Waals surface area contributed by atoms with Crippen molar-refractivity contribution >= 4 is 23.4 Å². The molecule has 0 radical (unpaired) electrons. The summed E-state index contributed by atoms with van der Waals surface area (Å²) in [7, 11) is 0. The zero-order valence-corrected chi connectivity index (χ0v) is 14.6. The molecule has 1 aliphatic heterocycles. The van der Waals surface area contributed by atoms with Crippen molar-refractivity contribution in [2.24, 2.45) is 5.10 Å². The van der Waals surface area contributed by atoms with Crippen molar-refractivity contribution in [1.29, 1.82) is 0 Å². The Bertz CT molecular complexity index is 927. The lowest BCUT2D eigenvalue weighted by molar-refractivity contribution is -0.132. The van der Waals surface area contributed by atoms with Crippen LogP contribution in [-0.2, 0) is 16.1 Å². The van der Waals surface area contributed by atoms with E-state index in [2.05, 4.69) is 16.0 Å². The molecule has 2 N–H and O–H groups in total. The number of nitrogens with one attached hydrogen (secondary N) is 2. The van der Waals surface area contributed by atoms with E-state index in [1.165, 1.54) is 36.4 Å². The third-order valence-corrected chi connectivity index (χ3v) is 4.01. The van der Waals surface area contributed by atoms with Crippen molar-refractivity contribution in [1.82, 2.24) is 15.9 Å². The quantitative estimate of drug-likeness (QED) is 0.787. The minimum Gasteiger partial charge on any atom is -0.273 e. The van der Waals surface area contributed by atoms with E-state index >= 15 is 0 Å². The van der Waals surface area contributed by atoms with Crippen LogP contribution in [0.15, 0.2) is 53.6 Å². The molecule has 9 heteroatoms. The lowest BCUT2D eigenvalue weighted by Crippen LogP contribution is -2.46. The maximum Gasteiger partial charge on any atom is 0.285 e. The van der Waals surface area contributed by atoms with Crippen LogP contribution in [0.2, 0.25) is 0 Å². The zero-order valence-electron chi connectivity index (χ0n) is 14.6. The van der Waals surface area contributed by atoms with Gasteiger partial charge in [0.2, 0.25) is 5.91 Å². The summed E-state index contributed by atoms with van der Waals surface area (Å²) >= 11 is 0. The maximum absolute atomic E-state index is 13.0. The Morgan fingerprint density at radius 1 is 0.893 bits per heavy atom. The van der Waals surface area contributed by atoms with Crippen LogP contribution in [0.5, 0.6) is 0 Å². The first kappa shape index (κ1) is 19.2. The van der Waals surface area contributed by atoms with Gasteiger partial charge in [-0.05, 0) is 42.0 Å². The summed E-state index contributed by atoms with van der Waals surface area (Å²) in [6.45, 7) is 0.0951. The number of hydrazine groups is 1. The molecule has 0 saturated heterocycles. The Morgan fingerprint density at radius 2 is 1.46 bits per heavy atom. The van der Waals surface area contributed by atoms with E-state index in [1.54, 1.807) is 0 Å². The number of halogens is 2. The van der Waals surface area contributed by atoms with Crippen LogP contribution in [0.25, 0.3) is 0 Å². The summed E-state index contributed by atoms with van der Waals surface area (Å²) in [6.07, 6.45) is 0.205. The first-order chi connectivity index (χ1) is 13.4. The zero-order chi connectivity index (χ0) is 20.1. The van der Waals surface area contributed by atoms with Crippen LogP contribution in [-0.4, -0.2) is 28.4 Å². The van der Waals surface area contributed by atoms with Gasteiger partial charge >= 0.3 is 0 Å². The molecule has 0 saturated carbocycles. The van der Waals surface area contributed by atoms with Crippen LogP contribution in [0.3, 0.4) is 0 Å². The standard InChI is InChI=1S/C19H16F2N4O3/c20-14-5-1-12(2-6-14)11-25-17(26)10-9-16(24-25)19(28)23-22-18(27)13-3-7-15(21)8-4-13/h1-8H,9-11H2,(H,22,27)(H,23,28). The van der Waals surface area contributed by atoms with E-state index in [4.69, 9.17) is 0 Å². The predicted octanol–water partition coefficient (Wildman–Crippen LogP) is 1.90. The molecular weight excluding hydrogens is 370 g/mol. The second-order valence-electron chi connectivity index (χ2n) is 6.04. The highest BCUT2D eigenvalue weighted by atomic mass is 19.1. The van der Waals surface area contributed by atoms with E-state index in [9.17, 15) is 23.2 Å². The van der Waals surface area contributed by atoms with Gasteiger partial charge in [0.15, 0.2) is 0 Å². The average molecular weight is 386 g/mol. The third-order valence-electron chi connectivity index (χ3n) is 4.01. The van der Waals surface area contributed by atoms with Gasteiger partial charge in [0.05, 0.1) is 6.54 Å². The SMILES string of the molecule is O=C(NNC(=O)c1ccc(F)cc1)C1=NN(Cc2ccc(F)cc2)C(=O)CC1. The van der Waals surface area contributed by atoms with Gasteiger partial charge in [-0.25, -0.2) is 13.8 Å². The molecule has 7 nitrogen and oxygen atoms in total. The smallest absolute Gasteiger partial charge is 0.273 e. The summed E-state index contributed by atoms with van der Waals surface area (Å²) < 4.78 is 25.9. The van der Waals surface area contributed by atoms with Gasteiger partial charge in [-0.3, -0.25) is 25.2 Å². The molecule has 0 unspecified atom stereocenters. The second kappa shape index (κ2) is 8.38. The highest BCUT2D eigenvalue weighted by Gasteiger charge is 2.25. The van der Waals surface area contributed by atoms with Gasteiger partial charge in [-0.2, -0.15) is 5.10 Å². The number of rotatable bonds is 4. The van der Waals surface area contributed by atoms with Gasteiger partial charge in [0, 0.05) is 18.4 Å². The molecule has 28 heavy (non-hydrogen) atoms. The second-order valence-corrected chi connectivity index (χ2v) is 6.04. The van der Waals surface area contributed by atoms with Crippen molar-refractivity contribution in [2.45, 2.75) is 19.4 Å². The molecule has 1 aliphatic rings. The molecule has 0 spiro atoms. The minimum atomic E-state index is -0.660. The van der Waals surface area contributed by atoms with Crippen LogP contribution >= 0.6 is 0 Å². The number of nitrogens with zero attached hydrogens (tertiary/aromatic N) is 2. The monoisotopic (exact) mass is 386 g/mol.